The molecule has 1 amide bonds. The molecule has 0 aliphatic carbocycles. The Labute approximate surface area is 198 Å². The van der Waals surface area contributed by atoms with E-state index in [1.807, 2.05) is 44.2 Å². The molecule has 0 radical (unpaired) electrons. The molecule has 1 atom stereocenters. The fourth-order valence-electron chi connectivity index (χ4n) is 4.44. The van der Waals surface area contributed by atoms with E-state index in [4.69, 9.17) is 9.47 Å². The van der Waals surface area contributed by atoms with Gasteiger partial charge in [0.1, 0.15) is 17.3 Å². The van der Waals surface area contributed by atoms with Gasteiger partial charge in [0.2, 0.25) is 0 Å². The molecule has 1 aliphatic heterocycles. The lowest BCUT2D eigenvalue weighted by atomic mass is 9.94. The molecule has 1 fully saturated rings. The minimum absolute atomic E-state index is 0.00389. The summed E-state index contributed by atoms with van der Waals surface area (Å²) in [4.78, 5) is 32.2. The number of aliphatic hydroxyl groups is 1. The Balaban J connectivity index is 1.90. The van der Waals surface area contributed by atoms with E-state index in [9.17, 15) is 14.7 Å². The van der Waals surface area contributed by atoms with Crippen LogP contribution in [0.25, 0.3) is 5.76 Å². The fraction of sp³-hybridized carbons (Fsp3) is 0.222. The Morgan fingerprint density at radius 2 is 1.85 bits per heavy atom. The van der Waals surface area contributed by atoms with Gasteiger partial charge in [0.15, 0.2) is 0 Å². The summed E-state index contributed by atoms with van der Waals surface area (Å²) in [5, 5.41) is 11.4. The molecule has 174 valence electrons. The second kappa shape index (κ2) is 9.39. The number of aryl methyl sites for hydroxylation is 2. The summed E-state index contributed by atoms with van der Waals surface area (Å²) < 4.78 is 10.8. The van der Waals surface area contributed by atoms with Crippen LogP contribution < -0.4 is 9.47 Å². The van der Waals surface area contributed by atoms with Crippen molar-refractivity contribution in [1.29, 1.82) is 0 Å². The Morgan fingerprint density at radius 1 is 1.06 bits per heavy atom. The Bertz CT molecular complexity index is 1280. The fourth-order valence-corrected chi connectivity index (χ4v) is 4.44. The van der Waals surface area contributed by atoms with Crippen molar-refractivity contribution in [2.75, 3.05) is 14.2 Å². The van der Waals surface area contributed by atoms with Crippen LogP contribution in [0, 0.1) is 13.8 Å². The lowest BCUT2D eigenvalue weighted by molar-refractivity contribution is -0.140. The number of benzene rings is 2. The number of aliphatic hydroxyl groups excluding tert-OH is 1. The molecule has 3 aromatic rings. The van der Waals surface area contributed by atoms with E-state index < -0.39 is 17.7 Å². The number of carbonyl (C=O) groups excluding carboxylic acids is 2. The highest BCUT2D eigenvalue weighted by Crippen LogP contribution is 2.42. The van der Waals surface area contributed by atoms with Crippen molar-refractivity contribution in [3.63, 3.8) is 0 Å². The van der Waals surface area contributed by atoms with E-state index in [-0.39, 0.29) is 17.9 Å². The average Bonchev–Trinajstić information content (AvgIpc) is 3.08. The maximum absolute atomic E-state index is 13.3. The number of amides is 1. The van der Waals surface area contributed by atoms with Crippen LogP contribution in [0.1, 0.15) is 33.9 Å². The molecular weight excluding hydrogens is 432 g/mol. The van der Waals surface area contributed by atoms with Crippen LogP contribution in [-0.2, 0) is 16.1 Å². The molecule has 2 heterocycles. The van der Waals surface area contributed by atoms with Crippen LogP contribution in [0.2, 0.25) is 0 Å². The molecule has 2 aromatic carbocycles. The molecule has 0 saturated carbocycles. The summed E-state index contributed by atoms with van der Waals surface area (Å²) in [5.74, 6) is -0.625. The van der Waals surface area contributed by atoms with Gasteiger partial charge in [-0.1, -0.05) is 24.3 Å². The molecule has 1 unspecified atom stereocenters. The minimum atomic E-state index is -0.814. The molecule has 4 rings (SSSR count). The maximum Gasteiger partial charge on any atom is 0.295 e. The Kier molecular flexibility index (Phi) is 6.36. The van der Waals surface area contributed by atoms with Gasteiger partial charge in [0.25, 0.3) is 11.7 Å². The molecule has 34 heavy (non-hydrogen) atoms. The third-order valence-corrected chi connectivity index (χ3v) is 5.91. The predicted octanol–water partition coefficient (Wildman–Crippen LogP) is 4.34. The van der Waals surface area contributed by atoms with Gasteiger partial charge >= 0.3 is 0 Å². The van der Waals surface area contributed by atoms with E-state index >= 15 is 0 Å². The first kappa shape index (κ1) is 23.0. The highest BCUT2D eigenvalue weighted by molar-refractivity contribution is 6.46. The van der Waals surface area contributed by atoms with Crippen LogP contribution in [0.5, 0.6) is 11.5 Å². The van der Waals surface area contributed by atoms with Crippen molar-refractivity contribution >= 4 is 17.4 Å². The molecule has 7 nitrogen and oxygen atoms in total. The third kappa shape index (κ3) is 4.12. The molecule has 1 saturated heterocycles. The van der Waals surface area contributed by atoms with Crippen LogP contribution in [0.3, 0.4) is 0 Å². The number of Topliss-reactive ketones (excluding diaryl/α,β-unsaturated/α-hetero) is 1. The van der Waals surface area contributed by atoms with Crippen molar-refractivity contribution in [2.24, 2.45) is 0 Å². The second-order valence-corrected chi connectivity index (χ2v) is 8.23. The van der Waals surface area contributed by atoms with E-state index in [1.165, 1.54) is 12.0 Å². The largest absolute Gasteiger partial charge is 0.507 e. The summed E-state index contributed by atoms with van der Waals surface area (Å²) >= 11 is 0. The summed E-state index contributed by atoms with van der Waals surface area (Å²) in [6, 6.07) is 13.7. The van der Waals surface area contributed by atoms with Crippen LogP contribution in [0.4, 0.5) is 0 Å². The zero-order valence-electron chi connectivity index (χ0n) is 19.5. The number of ketones is 1. The van der Waals surface area contributed by atoms with Gasteiger partial charge in [-0.15, -0.1) is 0 Å². The van der Waals surface area contributed by atoms with Gasteiger partial charge in [-0.3, -0.25) is 14.6 Å². The Morgan fingerprint density at radius 3 is 2.53 bits per heavy atom. The molecule has 1 aliphatic rings. The van der Waals surface area contributed by atoms with E-state index in [1.54, 1.807) is 37.7 Å². The summed E-state index contributed by atoms with van der Waals surface area (Å²) in [6.45, 7) is 3.91. The number of rotatable bonds is 6. The lowest BCUT2D eigenvalue weighted by Gasteiger charge is -2.25. The number of likely N-dealkylation sites (tertiary alicyclic amines) is 1. The molecule has 0 spiro atoms. The standard InChI is InChI=1S/C27H26N2O5/c1-16-11-17(2)26(34-4)21(12-16)24(30)22-23(19-8-6-10-28-14-19)29(27(32)25(22)31)15-18-7-5-9-20(13-18)33-3/h5-14,23,30H,15H2,1-4H3/b24-22+. The van der Waals surface area contributed by atoms with Gasteiger partial charge in [-0.25, -0.2) is 0 Å². The highest BCUT2D eigenvalue weighted by atomic mass is 16.5. The number of methoxy groups -OCH3 is 2. The monoisotopic (exact) mass is 458 g/mol. The number of pyridine rings is 1. The van der Waals surface area contributed by atoms with E-state index in [2.05, 4.69) is 4.98 Å². The number of hydrogen-bond donors (Lipinski definition) is 1. The molecule has 0 bridgehead atoms. The first-order valence-corrected chi connectivity index (χ1v) is 10.8. The molecule has 1 aromatic heterocycles. The average molecular weight is 459 g/mol. The SMILES string of the molecule is COc1cccc(CN2C(=O)C(=O)/C(=C(/O)c3cc(C)cc(C)c3OC)C2c2cccnc2)c1. The van der Waals surface area contributed by atoms with Crippen molar-refractivity contribution in [1.82, 2.24) is 9.88 Å². The van der Waals surface area contributed by atoms with Crippen molar-refractivity contribution in [3.8, 4) is 11.5 Å². The predicted molar refractivity (Wildman–Crippen MR) is 128 cm³/mol. The van der Waals surface area contributed by atoms with Gasteiger partial charge in [0.05, 0.1) is 31.4 Å². The number of aromatic nitrogens is 1. The lowest BCUT2D eigenvalue weighted by Crippen LogP contribution is -2.29. The van der Waals surface area contributed by atoms with Crippen molar-refractivity contribution in [2.45, 2.75) is 26.4 Å². The van der Waals surface area contributed by atoms with Gasteiger partial charge in [-0.05, 0) is 60.4 Å². The zero-order chi connectivity index (χ0) is 24.4. The first-order chi connectivity index (χ1) is 16.3. The van der Waals surface area contributed by atoms with Crippen LogP contribution >= 0.6 is 0 Å². The normalized spacial score (nSPS) is 17.2. The topological polar surface area (TPSA) is 89.0 Å². The highest BCUT2D eigenvalue weighted by Gasteiger charge is 2.46. The zero-order valence-corrected chi connectivity index (χ0v) is 19.5. The quantitative estimate of drug-likeness (QED) is 0.336. The Hall–Kier alpha value is -4.13. The summed E-state index contributed by atoms with van der Waals surface area (Å²) in [5.41, 5.74) is 3.49. The summed E-state index contributed by atoms with van der Waals surface area (Å²) in [7, 11) is 3.08. The smallest absolute Gasteiger partial charge is 0.295 e. The number of hydrogen-bond acceptors (Lipinski definition) is 6. The minimum Gasteiger partial charge on any atom is -0.507 e. The number of carbonyl (C=O) groups is 2. The van der Waals surface area contributed by atoms with Gasteiger partial charge < -0.3 is 19.5 Å². The molecular formula is C27H26N2O5. The summed E-state index contributed by atoms with van der Waals surface area (Å²) in [6.07, 6.45) is 3.21. The molecule has 7 heteroatoms. The van der Waals surface area contributed by atoms with Gasteiger partial charge in [-0.2, -0.15) is 0 Å². The van der Waals surface area contributed by atoms with Gasteiger partial charge in [0, 0.05) is 18.9 Å². The maximum atomic E-state index is 13.3. The van der Waals surface area contributed by atoms with Crippen LogP contribution in [-0.4, -0.2) is 40.9 Å². The van der Waals surface area contributed by atoms with Crippen molar-refractivity contribution < 1.29 is 24.2 Å². The van der Waals surface area contributed by atoms with E-state index in [0.717, 1.165) is 16.7 Å². The third-order valence-electron chi connectivity index (χ3n) is 5.91. The second-order valence-electron chi connectivity index (χ2n) is 8.23. The first-order valence-electron chi connectivity index (χ1n) is 10.8. The van der Waals surface area contributed by atoms with E-state index in [0.29, 0.717) is 22.6 Å². The number of ether oxygens (including phenoxy) is 2. The van der Waals surface area contributed by atoms with Crippen molar-refractivity contribution in [3.05, 3.63) is 94.3 Å². The molecule has 1 N–H and O–H groups in total. The number of nitrogens with zero attached hydrogens (tertiary/aromatic N) is 2. The van der Waals surface area contributed by atoms with Crippen LogP contribution in [0.15, 0.2) is 66.5 Å².